The number of rotatable bonds is 4. The van der Waals surface area contributed by atoms with Crippen LogP contribution in [0.15, 0.2) is 29.6 Å². The summed E-state index contributed by atoms with van der Waals surface area (Å²) in [5.41, 5.74) is 0.151. The van der Waals surface area contributed by atoms with Gasteiger partial charge in [-0.3, -0.25) is 0 Å². The first kappa shape index (κ1) is 12.9. The van der Waals surface area contributed by atoms with Crippen LogP contribution in [0.2, 0.25) is 5.15 Å². The van der Waals surface area contributed by atoms with E-state index in [1.807, 2.05) is 17.5 Å². The zero-order valence-electron chi connectivity index (χ0n) is 9.63. The highest BCUT2D eigenvalue weighted by Crippen LogP contribution is 2.22. The lowest BCUT2D eigenvalue weighted by atomic mass is 10.2. The predicted octanol–water partition coefficient (Wildman–Crippen LogP) is 3.13. The number of nitrogens with zero attached hydrogens (tertiary/aromatic N) is 2. The number of carboxylic acid groups (broad SMARTS) is 1. The highest BCUT2D eigenvalue weighted by molar-refractivity contribution is 7.09. The van der Waals surface area contributed by atoms with Crippen LogP contribution in [0.4, 0.5) is 5.82 Å². The number of carbonyl (C=O) groups is 1. The van der Waals surface area contributed by atoms with Crippen molar-refractivity contribution < 1.29 is 9.90 Å². The molecule has 0 aliphatic heterocycles. The van der Waals surface area contributed by atoms with Crippen LogP contribution in [-0.2, 0) is 6.54 Å². The normalized spacial score (nSPS) is 10.3. The van der Waals surface area contributed by atoms with Crippen LogP contribution in [0.5, 0.6) is 0 Å². The Balaban J connectivity index is 2.31. The Kier molecular flexibility index (Phi) is 3.84. The van der Waals surface area contributed by atoms with Crippen molar-refractivity contribution in [3.05, 3.63) is 45.2 Å². The van der Waals surface area contributed by atoms with E-state index in [-0.39, 0.29) is 10.7 Å². The molecule has 0 radical (unpaired) electrons. The topological polar surface area (TPSA) is 53.4 Å². The van der Waals surface area contributed by atoms with Crippen LogP contribution in [0, 0.1) is 0 Å². The van der Waals surface area contributed by atoms with Gasteiger partial charge in [-0.05, 0) is 23.6 Å². The molecule has 2 aromatic rings. The number of aromatic carboxylic acids is 1. The maximum absolute atomic E-state index is 11.1. The van der Waals surface area contributed by atoms with Gasteiger partial charge in [0.05, 0.1) is 6.54 Å². The molecule has 0 spiro atoms. The fourth-order valence-corrected chi connectivity index (χ4v) is 2.49. The third kappa shape index (κ3) is 2.80. The first-order chi connectivity index (χ1) is 8.58. The molecule has 6 heteroatoms. The van der Waals surface area contributed by atoms with Gasteiger partial charge in [-0.25, -0.2) is 9.78 Å². The zero-order valence-corrected chi connectivity index (χ0v) is 11.2. The SMILES string of the molecule is CN(Cc1cccs1)c1nc(Cl)ccc1C(=O)O. The van der Waals surface area contributed by atoms with Crippen molar-refractivity contribution in [2.45, 2.75) is 6.54 Å². The van der Waals surface area contributed by atoms with E-state index in [2.05, 4.69) is 4.98 Å². The van der Waals surface area contributed by atoms with Crippen molar-refractivity contribution >= 4 is 34.7 Å². The minimum absolute atomic E-state index is 0.151. The van der Waals surface area contributed by atoms with Gasteiger partial charge in [-0.15, -0.1) is 11.3 Å². The second-order valence-electron chi connectivity index (χ2n) is 3.75. The van der Waals surface area contributed by atoms with Gasteiger partial charge in [0.15, 0.2) is 0 Å². The van der Waals surface area contributed by atoms with E-state index in [4.69, 9.17) is 16.7 Å². The fraction of sp³-hybridized carbons (Fsp3) is 0.167. The third-order valence-corrected chi connectivity index (χ3v) is 3.48. The van der Waals surface area contributed by atoms with E-state index in [1.54, 1.807) is 23.3 Å². The van der Waals surface area contributed by atoms with Crippen LogP contribution >= 0.6 is 22.9 Å². The molecule has 0 aliphatic rings. The molecule has 2 heterocycles. The van der Waals surface area contributed by atoms with Gasteiger partial charge in [0.2, 0.25) is 0 Å². The summed E-state index contributed by atoms with van der Waals surface area (Å²) in [5.74, 6) is -0.629. The van der Waals surface area contributed by atoms with Crippen LogP contribution in [0.3, 0.4) is 0 Å². The molecular formula is C12H11ClN2O2S. The maximum atomic E-state index is 11.1. The number of thiophene rings is 1. The summed E-state index contributed by atoms with van der Waals surface area (Å²) in [4.78, 5) is 18.1. The average molecular weight is 283 g/mol. The summed E-state index contributed by atoms with van der Waals surface area (Å²) >= 11 is 7.43. The molecule has 0 atom stereocenters. The van der Waals surface area contributed by atoms with E-state index in [9.17, 15) is 4.79 Å². The molecule has 18 heavy (non-hydrogen) atoms. The van der Waals surface area contributed by atoms with Crippen LogP contribution in [0.25, 0.3) is 0 Å². The number of carboxylic acids is 1. The van der Waals surface area contributed by atoms with Gasteiger partial charge in [0.1, 0.15) is 16.5 Å². The van der Waals surface area contributed by atoms with Gasteiger partial charge in [0.25, 0.3) is 0 Å². The third-order valence-electron chi connectivity index (χ3n) is 2.41. The fourth-order valence-electron chi connectivity index (χ4n) is 1.59. The molecule has 0 bridgehead atoms. The van der Waals surface area contributed by atoms with Crippen molar-refractivity contribution in [2.24, 2.45) is 0 Å². The van der Waals surface area contributed by atoms with E-state index in [0.717, 1.165) is 4.88 Å². The largest absolute Gasteiger partial charge is 0.478 e. The summed E-state index contributed by atoms with van der Waals surface area (Å²) in [6, 6.07) is 6.90. The molecular weight excluding hydrogens is 272 g/mol. The second kappa shape index (κ2) is 5.37. The quantitative estimate of drug-likeness (QED) is 0.876. The van der Waals surface area contributed by atoms with Gasteiger partial charge in [-0.1, -0.05) is 17.7 Å². The van der Waals surface area contributed by atoms with Gasteiger partial charge < -0.3 is 10.0 Å². The van der Waals surface area contributed by atoms with E-state index in [1.165, 1.54) is 12.1 Å². The van der Waals surface area contributed by atoms with Gasteiger partial charge in [0, 0.05) is 11.9 Å². The Labute approximate surface area is 113 Å². The maximum Gasteiger partial charge on any atom is 0.339 e. The van der Waals surface area contributed by atoms with Crippen molar-refractivity contribution in [1.82, 2.24) is 4.98 Å². The average Bonchev–Trinajstić information content (AvgIpc) is 2.81. The molecule has 0 aromatic carbocycles. The molecule has 0 saturated carbocycles. The van der Waals surface area contributed by atoms with Crippen LogP contribution in [-0.4, -0.2) is 23.1 Å². The van der Waals surface area contributed by atoms with Crippen LogP contribution < -0.4 is 4.90 Å². The van der Waals surface area contributed by atoms with Crippen molar-refractivity contribution in [2.75, 3.05) is 11.9 Å². The lowest BCUT2D eigenvalue weighted by molar-refractivity contribution is 0.0697. The zero-order chi connectivity index (χ0) is 13.1. The molecule has 0 amide bonds. The van der Waals surface area contributed by atoms with Gasteiger partial charge >= 0.3 is 5.97 Å². The number of aromatic nitrogens is 1. The van der Waals surface area contributed by atoms with Gasteiger partial charge in [-0.2, -0.15) is 0 Å². The molecule has 0 aliphatic carbocycles. The molecule has 4 nitrogen and oxygen atoms in total. The predicted molar refractivity (Wildman–Crippen MR) is 72.6 cm³/mol. The molecule has 2 aromatic heterocycles. The monoisotopic (exact) mass is 282 g/mol. The minimum atomic E-state index is -1.01. The Bertz CT molecular complexity index is 557. The first-order valence-electron chi connectivity index (χ1n) is 5.21. The van der Waals surface area contributed by atoms with Crippen molar-refractivity contribution in [3.63, 3.8) is 0 Å². The number of pyridine rings is 1. The lowest BCUT2D eigenvalue weighted by Gasteiger charge is -2.19. The Morgan fingerprint density at radius 2 is 2.28 bits per heavy atom. The summed E-state index contributed by atoms with van der Waals surface area (Å²) in [5, 5.41) is 11.4. The molecule has 0 saturated heterocycles. The Morgan fingerprint density at radius 3 is 2.89 bits per heavy atom. The number of anilines is 1. The van der Waals surface area contributed by atoms with E-state index in [0.29, 0.717) is 12.4 Å². The molecule has 0 unspecified atom stereocenters. The highest BCUT2D eigenvalue weighted by atomic mass is 35.5. The summed E-state index contributed by atoms with van der Waals surface area (Å²) in [6.07, 6.45) is 0. The molecule has 0 fully saturated rings. The minimum Gasteiger partial charge on any atom is -0.478 e. The molecule has 94 valence electrons. The first-order valence-corrected chi connectivity index (χ1v) is 6.47. The Hall–Kier alpha value is -1.59. The number of hydrogen-bond donors (Lipinski definition) is 1. The standard InChI is InChI=1S/C12H11ClN2O2S/c1-15(7-8-3-2-6-18-8)11-9(12(16)17)4-5-10(13)14-11/h2-6H,7H2,1H3,(H,16,17). The molecule has 1 N–H and O–H groups in total. The van der Waals surface area contributed by atoms with Crippen molar-refractivity contribution in [3.8, 4) is 0 Å². The van der Waals surface area contributed by atoms with E-state index >= 15 is 0 Å². The summed E-state index contributed by atoms with van der Waals surface area (Å²) < 4.78 is 0. The summed E-state index contributed by atoms with van der Waals surface area (Å²) in [6.45, 7) is 0.602. The second-order valence-corrected chi connectivity index (χ2v) is 5.17. The molecule has 2 rings (SSSR count). The Morgan fingerprint density at radius 1 is 1.50 bits per heavy atom. The van der Waals surface area contributed by atoms with Crippen LogP contribution in [0.1, 0.15) is 15.2 Å². The lowest BCUT2D eigenvalue weighted by Crippen LogP contribution is -2.20. The smallest absolute Gasteiger partial charge is 0.339 e. The number of halogens is 1. The van der Waals surface area contributed by atoms with E-state index < -0.39 is 5.97 Å². The van der Waals surface area contributed by atoms with Crippen molar-refractivity contribution in [1.29, 1.82) is 0 Å². The number of hydrogen-bond acceptors (Lipinski definition) is 4. The highest BCUT2D eigenvalue weighted by Gasteiger charge is 2.16. The summed E-state index contributed by atoms with van der Waals surface area (Å²) in [7, 11) is 1.80.